The summed E-state index contributed by atoms with van der Waals surface area (Å²) in [6.07, 6.45) is 0. The molecule has 3 heteroatoms. The first-order valence-electron chi connectivity index (χ1n) is 7.15. The van der Waals surface area contributed by atoms with Crippen molar-refractivity contribution in [3.8, 4) is 22.8 Å². The van der Waals surface area contributed by atoms with Gasteiger partial charge in [-0.3, -0.25) is 4.57 Å². The maximum absolute atomic E-state index is 9.50. The van der Waals surface area contributed by atoms with E-state index >= 15 is 0 Å². The third-order valence-corrected chi connectivity index (χ3v) is 3.70. The van der Waals surface area contributed by atoms with E-state index in [1.54, 1.807) is 12.1 Å². The maximum atomic E-state index is 9.50. The van der Waals surface area contributed by atoms with Crippen LogP contribution in [0.2, 0.25) is 0 Å². The number of benzene rings is 3. The summed E-state index contributed by atoms with van der Waals surface area (Å²) in [5, 5.41) is 9.50. The number of phenolic OH excluding ortho intramolecular Hbond substituents is 1. The zero-order chi connectivity index (χ0) is 14.9. The molecule has 0 saturated carbocycles. The van der Waals surface area contributed by atoms with Crippen molar-refractivity contribution in [3.63, 3.8) is 0 Å². The standard InChI is InChI=1S/C19H14N2O/c22-16-12-10-14(11-13-16)19-20-17-8-4-5-9-18(17)21(19)15-6-2-1-3-7-15/h1-13,22H. The normalized spacial score (nSPS) is 10.9. The highest BCUT2D eigenvalue weighted by atomic mass is 16.3. The number of fused-ring (bicyclic) bond motifs is 1. The first-order chi connectivity index (χ1) is 10.8. The number of hydrogen-bond acceptors (Lipinski definition) is 2. The molecule has 0 bridgehead atoms. The highest BCUT2D eigenvalue weighted by molar-refractivity contribution is 5.83. The van der Waals surface area contributed by atoms with E-state index in [4.69, 9.17) is 4.98 Å². The molecule has 0 saturated heterocycles. The largest absolute Gasteiger partial charge is 0.508 e. The molecule has 4 aromatic rings. The Morgan fingerprint density at radius 1 is 0.727 bits per heavy atom. The average Bonchev–Trinajstić information content (AvgIpc) is 2.96. The molecule has 4 rings (SSSR count). The molecule has 106 valence electrons. The van der Waals surface area contributed by atoms with Crippen LogP contribution in [0.15, 0.2) is 78.9 Å². The molecule has 1 N–H and O–H groups in total. The minimum absolute atomic E-state index is 0.256. The number of aromatic hydroxyl groups is 1. The molecule has 1 heterocycles. The zero-order valence-electron chi connectivity index (χ0n) is 11.8. The van der Waals surface area contributed by atoms with Crippen molar-refractivity contribution in [1.82, 2.24) is 9.55 Å². The van der Waals surface area contributed by atoms with Crippen LogP contribution in [0.4, 0.5) is 0 Å². The molecule has 3 nitrogen and oxygen atoms in total. The lowest BCUT2D eigenvalue weighted by Gasteiger charge is -2.09. The van der Waals surface area contributed by atoms with Crippen molar-refractivity contribution in [1.29, 1.82) is 0 Å². The van der Waals surface area contributed by atoms with Crippen LogP contribution in [0.25, 0.3) is 28.1 Å². The lowest BCUT2D eigenvalue weighted by atomic mass is 10.2. The minimum atomic E-state index is 0.256. The van der Waals surface area contributed by atoms with Gasteiger partial charge in [-0.25, -0.2) is 4.98 Å². The summed E-state index contributed by atoms with van der Waals surface area (Å²) in [5.41, 5.74) is 4.06. The van der Waals surface area contributed by atoms with Gasteiger partial charge < -0.3 is 5.11 Å². The van der Waals surface area contributed by atoms with Gasteiger partial charge in [0.2, 0.25) is 0 Å². The molecule has 0 aliphatic heterocycles. The number of phenols is 1. The lowest BCUT2D eigenvalue weighted by molar-refractivity contribution is 0.475. The van der Waals surface area contributed by atoms with Crippen molar-refractivity contribution in [2.24, 2.45) is 0 Å². The van der Waals surface area contributed by atoms with Gasteiger partial charge in [-0.15, -0.1) is 0 Å². The van der Waals surface area contributed by atoms with Crippen molar-refractivity contribution in [2.75, 3.05) is 0 Å². The van der Waals surface area contributed by atoms with E-state index in [9.17, 15) is 5.11 Å². The smallest absolute Gasteiger partial charge is 0.145 e. The van der Waals surface area contributed by atoms with Gasteiger partial charge in [-0.05, 0) is 48.5 Å². The first kappa shape index (κ1) is 12.7. The van der Waals surface area contributed by atoms with Crippen LogP contribution in [0.3, 0.4) is 0 Å². The molecule has 3 aromatic carbocycles. The molecule has 0 radical (unpaired) electrons. The molecule has 22 heavy (non-hydrogen) atoms. The molecular formula is C19H14N2O. The Kier molecular flexibility index (Phi) is 2.90. The number of hydrogen-bond donors (Lipinski definition) is 1. The predicted octanol–water partition coefficient (Wildman–Crippen LogP) is 4.40. The van der Waals surface area contributed by atoms with Crippen LogP contribution in [0, 0.1) is 0 Å². The van der Waals surface area contributed by atoms with Crippen molar-refractivity contribution >= 4 is 11.0 Å². The highest BCUT2D eigenvalue weighted by Gasteiger charge is 2.13. The van der Waals surface area contributed by atoms with Gasteiger partial charge in [-0.2, -0.15) is 0 Å². The van der Waals surface area contributed by atoms with E-state index in [0.29, 0.717) is 0 Å². The Labute approximate surface area is 128 Å². The van der Waals surface area contributed by atoms with Gasteiger partial charge in [0.25, 0.3) is 0 Å². The van der Waals surface area contributed by atoms with Crippen LogP contribution in [0.5, 0.6) is 5.75 Å². The molecule has 0 fully saturated rings. The van der Waals surface area contributed by atoms with E-state index in [-0.39, 0.29) is 5.75 Å². The molecular weight excluding hydrogens is 272 g/mol. The van der Waals surface area contributed by atoms with Crippen molar-refractivity contribution < 1.29 is 5.11 Å². The van der Waals surface area contributed by atoms with Crippen LogP contribution >= 0.6 is 0 Å². The quantitative estimate of drug-likeness (QED) is 0.593. The van der Waals surface area contributed by atoms with Gasteiger partial charge in [-0.1, -0.05) is 30.3 Å². The fourth-order valence-corrected chi connectivity index (χ4v) is 2.67. The Balaban J connectivity index is 2.04. The molecule has 0 aliphatic carbocycles. The third-order valence-electron chi connectivity index (χ3n) is 3.70. The van der Waals surface area contributed by atoms with E-state index in [2.05, 4.69) is 22.8 Å². The van der Waals surface area contributed by atoms with E-state index in [1.165, 1.54) is 0 Å². The SMILES string of the molecule is Oc1ccc(-c2nc3ccccc3n2-c2ccccc2)cc1. The van der Waals surface area contributed by atoms with Crippen LogP contribution in [0.1, 0.15) is 0 Å². The molecule has 0 amide bonds. The van der Waals surface area contributed by atoms with Gasteiger partial charge in [0.05, 0.1) is 11.0 Å². The summed E-state index contributed by atoms with van der Waals surface area (Å²) in [6.45, 7) is 0. The maximum Gasteiger partial charge on any atom is 0.145 e. The Hall–Kier alpha value is -3.07. The summed E-state index contributed by atoms with van der Waals surface area (Å²) in [4.78, 5) is 4.77. The number of imidazole rings is 1. The fraction of sp³-hybridized carbons (Fsp3) is 0. The van der Waals surface area contributed by atoms with Gasteiger partial charge in [0.1, 0.15) is 11.6 Å². The third kappa shape index (κ3) is 2.04. The summed E-state index contributed by atoms with van der Waals surface area (Å²) in [6, 6.07) is 25.4. The average molecular weight is 286 g/mol. The Morgan fingerprint density at radius 2 is 1.41 bits per heavy atom. The molecule has 1 aromatic heterocycles. The second kappa shape index (κ2) is 5.04. The van der Waals surface area contributed by atoms with Crippen molar-refractivity contribution in [3.05, 3.63) is 78.9 Å². The zero-order valence-corrected chi connectivity index (χ0v) is 11.8. The van der Waals surface area contributed by atoms with E-state index in [1.807, 2.05) is 48.5 Å². The number of nitrogens with zero attached hydrogens (tertiary/aromatic N) is 2. The number of aromatic nitrogens is 2. The Bertz CT molecular complexity index is 925. The van der Waals surface area contributed by atoms with Gasteiger partial charge in [0, 0.05) is 11.3 Å². The van der Waals surface area contributed by atoms with E-state index < -0.39 is 0 Å². The summed E-state index contributed by atoms with van der Waals surface area (Å²) < 4.78 is 2.14. The monoisotopic (exact) mass is 286 g/mol. The Morgan fingerprint density at radius 3 is 2.18 bits per heavy atom. The lowest BCUT2D eigenvalue weighted by Crippen LogP contribution is -1.96. The van der Waals surface area contributed by atoms with Gasteiger partial charge in [0.15, 0.2) is 0 Å². The number of rotatable bonds is 2. The summed E-state index contributed by atoms with van der Waals surface area (Å²) in [5.74, 6) is 1.12. The fourth-order valence-electron chi connectivity index (χ4n) is 2.67. The second-order valence-electron chi connectivity index (χ2n) is 5.14. The first-order valence-corrected chi connectivity index (χ1v) is 7.15. The van der Waals surface area contributed by atoms with E-state index in [0.717, 1.165) is 28.1 Å². The van der Waals surface area contributed by atoms with Gasteiger partial charge >= 0.3 is 0 Å². The minimum Gasteiger partial charge on any atom is -0.508 e. The van der Waals surface area contributed by atoms with Crippen molar-refractivity contribution in [2.45, 2.75) is 0 Å². The molecule has 0 aliphatic rings. The summed E-state index contributed by atoms with van der Waals surface area (Å²) >= 11 is 0. The highest BCUT2D eigenvalue weighted by Crippen LogP contribution is 2.29. The molecule has 0 atom stereocenters. The topological polar surface area (TPSA) is 38.1 Å². The van der Waals surface area contributed by atoms with Crippen LogP contribution in [-0.2, 0) is 0 Å². The van der Waals surface area contributed by atoms with Crippen LogP contribution in [-0.4, -0.2) is 14.7 Å². The second-order valence-corrected chi connectivity index (χ2v) is 5.14. The predicted molar refractivity (Wildman–Crippen MR) is 88.2 cm³/mol. The summed E-state index contributed by atoms with van der Waals surface area (Å²) in [7, 11) is 0. The number of para-hydroxylation sites is 3. The van der Waals surface area contributed by atoms with Crippen LogP contribution < -0.4 is 0 Å². The molecule has 0 spiro atoms. The molecule has 0 unspecified atom stereocenters.